The summed E-state index contributed by atoms with van der Waals surface area (Å²) in [7, 11) is 0. The second-order valence-electron chi connectivity index (χ2n) is 6.47. The number of rotatable bonds is 3. The van der Waals surface area contributed by atoms with E-state index in [9.17, 15) is 0 Å². The Kier molecular flexibility index (Phi) is 3.88. The number of nitrogens with two attached hydrogens (primary N) is 1. The molecule has 1 saturated carbocycles. The average Bonchev–Trinajstić information content (AvgIpc) is 2.90. The van der Waals surface area contributed by atoms with Gasteiger partial charge in [-0.05, 0) is 49.1 Å². The minimum Gasteiger partial charge on any atom is -0.327 e. The van der Waals surface area contributed by atoms with Crippen molar-refractivity contribution in [2.45, 2.75) is 63.8 Å². The Labute approximate surface area is 116 Å². The quantitative estimate of drug-likeness (QED) is 0.898. The van der Waals surface area contributed by atoms with Gasteiger partial charge in [0.15, 0.2) is 0 Å². The first-order valence-corrected chi connectivity index (χ1v) is 7.99. The molecule has 0 bridgehead atoms. The molecule has 0 spiro atoms. The minimum atomic E-state index is 0.325. The van der Waals surface area contributed by atoms with Crippen LogP contribution in [0.25, 0.3) is 0 Å². The summed E-state index contributed by atoms with van der Waals surface area (Å²) in [6.45, 7) is 2.32. The summed E-state index contributed by atoms with van der Waals surface area (Å²) < 4.78 is 0. The maximum atomic E-state index is 6.65. The van der Waals surface area contributed by atoms with E-state index in [-0.39, 0.29) is 0 Å². The van der Waals surface area contributed by atoms with Gasteiger partial charge in [-0.15, -0.1) is 0 Å². The van der Waals surface area contributed by atoms with E-state index in [0.29, 0.717) is 12.0 Å². The van der Waals surface area contributed by atoms with E-state index < -0.39 is 0 Å². The first-order valence-electron chi connectivity index (χ1n) is 7.99. The molecule has 19 heavy (non-hydrogen) atoms. The summed E-state index contributed by atoms with van der Waals surface area (Å²) in [5, 5.41) is 0. The molecule has 2 aliphatic carbocycles. The van der Waals surface area contributed by atoms with Gasteiger partial charge in [0, 0.05) is 23.9 Å². The Balaban J connectivity index is 1.72. The van der Waals surface area contributed by atoms with Gasteiger partial charge < -0.3 is 5.73 Å². The van der Waals surface area contributed by atoms with Crippen LogP contribution in [0.2, 0.25) is 0 Å². The first-order chi connectivity index (χ1) is 9.29. The van der Waals surface area contributed by atoms with Crippen LogP contribution in [0.1, 0.15) is 62.6 Å². The van der Waals surface area contributed by atoms with Crippen molar-refractivity contribution in [1.29, 1.82) is 0 Å². The van der Waals surface area contributed by atoms with Crippen molar-refractivity contribution < 1.29 is 0 Å². The van der Waals surface area contributed by atoms with Crippen LogP contribution < -0.4 is 5.73 Å². The number of pyridine rings is 1. The van der Waals surface area contributed by atoms with Crippen molar-refractivity contribution in [2.24, 2.45) is 17.6 Å². The third-order valence-corrected chi connectivity index (χ3v) is 5.41. The third-order valence-electron chi connectivity index (χ3n) is 5.41. The van der Waals surface area contributed by atoms with Gasteiger partial charge in [-0.3, -0.25) is 4.98 Å². The van der Waals surface area contributed by atoms with Crippen molar-refractivity contribution in [3.8, 4) is 0 Å². The zero-order valence-corrected chi connectivity index (χ0v) is 12.0. The van der Waals surface area contributed by atoms with Crippen molar-refractivity contribution >= 4 is 0 Å². The Bertz CT molecular complexity index is 429. The van der Waals surface area contributed by atoms with Crippen molar-refractivity contribution in [1.82, 2.24) is 4.98 Å². The highest BCUT2D eigenvalue weighted by atomic mass is 14.8. The lowest BCUT2D eigenvalue weighted by atomic mass is 9.73. The zero-order chi connectivity index (χ0) is 13.2. The molecule has 4 atom stereocenters. The molecule has 1 heterocycles. The summed E-state index contributed by atoms with van der Waals surface area (Å²) in [5.74, 6) is 2.14. The molecule has 1 aromatic rings. The second kappa shape index (κ2) is 5.62. The highest BCUT2D eigenvalue weighted by Gasteiger charge is 2.35. The molecule has 3 rings (SSSR count). The van der Waals surface area contributed by atoms with E-state index in [1.54, 1.807) is 0 Å². The van der Waals surface area contributed by atoms with Crippen LogP contribution in [0.5, 0.6) is 0 Å². The van der Waals surface area contributed by atoms with Crippen LogP contribution in [0, 0.1) is 11.8 Å². The normalized spacial score (nSPS) is 32.0. The molecule has 0 saturated heterocycles. The smallest absolute Gasteiger partial charge is 0.0482 e. The van der Waals surface area contributed by atoms with Gasteiger partial charge in [0.2, 0.25) is 0 Å². The Morgan fingerprint density at radius 1 is 1.37 bits per heavy atom. The highest BCUT2D eigenvalue weighted by Crippen LogP contribution is 2.40. The van der Waals surface area contributed by atoms with E-state index >= 15 is 0 Å². The summed E-state index contributed by atoms with van der Waals surface area (Å²) in [5.41, 5.74) is 9.38. The molecule has 2 heteroatoms. The first kappa shape index (κ1) is 13.1. The molecule has 1 aromatic heterocycles. The molecule has 1 fully saturated rings. The number of fused-ring (bicyclic) bond motifs is 1. The monoisotopic (exact) mass is 258 g/mol. The molecule has 0 amide bonds. The zero-order valence-electron chi connectivity index (χ0n) is 12.0. The lowest BCUT2D eigenvalue weighted by Gasteiger charge is -2.35. The topological polar surface area (TPSA) is 38.9 Å². The molecule has 0 radical (unpaired) electrons. The predicted molar refractivity (Wildman–Crippen MR) is 79.0 cm³/mol. The van der Waals surface area contributed by atoms with Gasteiger partial charge in [-0.2, -0.15) is 0 Å². The van der Waals surface area contributed by atoms with E-state index in [4.69, 9.17) is 5.73 Å². The molecule has 104 valence electrons. The fourth-order valence-electron chi connectivity index (χ4n) is 4.20. The lowest BCUT2D eigenvalue weighted by molar-refractivity contribution is 0.212. The van der Waals surface area contributed by atoms with Gasteiger partial charge in [-0.1, -0.05) is 32.3 Å². The molecular formula is C17H26N2. The third kappa shape index (κ3) is 2.55. The van der Waals surface area contributed by atoms with Crippen LogP contribution >= 0.6 is 0 Å². The number of aromatic nitrogens is 1. The molecular weight excluding hydrogens is 232 g/mol. The number of hydrogen-bond acceptors (Lipinski definition) is 2. The second-order valence-corrected chi connectivity index (χ2v) is 6.47. The fraction of sp³-hybridized carbons (Fsp3) is 0.706. The average molecular weight is 258 g/mol. The van der Waals surface area contributed by atoms with Crippen molar-refractivity contribution in [2.75, 3.05) is 0 Å². The summed E-state index contributed by atoms with van der Waals surface area (Å²) in [4.78, 5) is 4.62. The van der Waals surface area contributed by atoms with Gasteiger partial charge in [0.05, 0.1) is 0 Å². The SMILES string of the molecule is CCC1CCCC(C(N)C2CCc3cccnc32)C1. The summed E-state index contributed by atoms with van der Waals surface area (Å²) in [6.07, 6.45) is 11.1. The summed E-state index contributed by atoms with van der Waals surface area (Å²) in [6, 6.07) is 4.61. The predicted octanol–water partition coefficient (Wildman–Crippen LogP) is 3.66. The molecule has 2 nitrogen and oxygen atoms in total. The number of nitrogens with zero attached hydrogens (tertiary/aromatic N) is 1. The standard InChI is InChI=1S/C17H26N2/c1-2-12-5-3-6-14(11-12)16(18)15-9-8-13-7-4-10-19-17(13)15/h4,7,10,12,14-16H,2-3,5-6,8-9,11,18H2,1H3. The van der Waals surface area contributed by atoms with Gasteiger partial charge in [0.1, 0.15) is 0 Å². The van der Waals surface area contributed by atoms with E-state index in [0.717, 1.165) is 11.8 Å². The van der Waals surface area contributed by atoms with Crippen LogP contribution in [0.3, 0.4) is 0 Å². The van der Waals surface area contributed by atoms with E-state index in [1.807, 2.05) is 6.20 Å². The van der Waals surface area contributed by atoms with Crippen LogP contribution in [0.15, 0.2) is 18.3 Å². The van der Waals surface area contributed by atoms with Crippen molar-refractivity contribution in [3.63, 3.8) is 0 Å². The van der Waals surface area contributed by atoms with Crippen LogP contribution in [0.4, 0.5) is 0 Å². The summed E-state index contributed by atoms with van der Waals surface area (Å²) >= 11 is 0. The number of hydrogen-bond donors (Lipinski definition) is 1. The maximum absolute atomic E-state index is 6.65. The molecule has 4 unspecified atom stereocenters. The largest absolute Gasteiger partial charge is 0.327 e. The van der Waals surface area contributed by atoms with Crippen LogP contribution in [-0.4, -0.2) is 11.0 Å². The molecule has 0 aromatic carbocycles. The lowest BCUT2D eigenvalue weighted by Crippen LogP contribution is -2.38. The molecule has 2 aliphatic rings. The maximum Gasteiger partial charge on any atom is 0.0482 e. The Morgan fingerprint density at radius 2 is 2.26 bits per heavy atom. The highest BCUT2D eigenvalue weighted by molar-refractivity contribution is 5.30. The van der Waals surface area contributed by atoms with Gasteiger partial charge in [-0.25, -0.2) is 0 Å². The van der Waals surface area contributed by atoms with E-state index in [2.05, 4.69) is 24.0 Å². The fourth-order valence-corrected chi connectivity index (χ4v) is 4.20. The molecule has 0 aliphatic heterocycles. The van der Waals surface area contributed by atoms with Crippen molar-refractivity contribution in [3.05, 3.63) is 29.6 Å². The van der Waals surface area contributed by atoms with Gasteiger partial charge >= 0.3 is 0 Å². The number of aryl methyl sites for hydroxylation is 1. The Hall–Kier alpha value is -0.890. The molecule has 2 N–H and O–H groups in total. The van der Waals surface area contributed by atoms with Crippen LogP contribution in [-0.2, 0) is 6.42 Å². The van der Waals surface area contributed by atoms with Gasteiger partial charge in [0.25, 0.3) is 0 Å². The van der Waals surface area contributed by atoms with E-state index in [1.165, 1.54) is 56.2 Å². The minimum absolute atomic E-state index is 0.325. The Morgan fingerprint density at radius 3 is 3.11 bits per heavy atom.